The summed E-state index contributed by atoms with van der Waals surface area (Å²) in [7, 11) is 0. The van der Waals surface area contributed by atoms with Gasteiger partial charge in [0.2, 0.25) is 5.91 Å². The van der Waals surface area contributed by atoms with Gasteiger partial charge in [-0.05, 0) is 30.3 Å². The number of aromatic nitrogens is 1. The lowest BCUT2D eigenvalue weighted by Crippen LogP contribution is -2.13. The van der Waals surface area contributed by atoms with Gasteiger partial charge in [-0.1, -0.05) is 58.7 Å². The second-order valence-corrected chi connectivity index (χ2v) is 8.39. The Morgan fingerprint density at radius 2 is 1.72 bits per heavy atom. The van der Waals surface area contributed by atoms with E-state index in [1.54, 1.807) is 18.2 Å². The van der Waals surface area contributed by atoms with E-state index in [4.69, 9.17) is 34.8 Å². The van der Waals surface area contributed by atoms with Gasteiger partial charge < -0.3 is 5.32 Å². The van der Waals surface area contributed by atoms with E-state index < -0.39 is 0 Å². The molecule has 0 saturated carbocycles. The van der Waals surface area contributed by atoms with Gasteiger partial charge in [0, 0.05) is 31.7 Å². The van der Waals surface area contributed by atoms with Crippen LogP contribution >= 0.6 is 57.9 Å². The highest BCUT2D eigenvalue weighted by molar-refractivity contribution is 8.01. The topological polar surface area (TPSA) is 42.0 Å². The maximum atomic E-state index is 12.1. The molecule has 0 fully saturated rings. The normalized spacial score (nSPS) is 10.7. The molecule has 128 valence electrons. The van der Waals surface area contributed by atoms with Crippen LogP contribution in [0.5, 0.6) is 0 Å². The van der Waals surface area contributed by atoms with Gasteiger partial charge in [0.1, 0.15) is 0 Å². The summed E-state index contributed by atoms with van der Waals surface area (Å²) >= 11 is 20.6. The zero-order valence-electron chi connectivity index (χ0n) is 12.6. The number of amides is 1. The smallest absolute Gasteiger partial charge is 0.234 e. The number of nitrogens with one attached hydrogen (secondary N) is 1. The van der Waals surface area contributed by atoms with Crippen LogP contribution in [-0.2, 0) is 4.79 Å². The molecule has 3 aromatic rings. The van der Waals surface area contributed by atoms with E-state index in [0.29, 0.717) is 20.8 Å². The minimum atomic E-state index is -0.147. The van der Waals surface area contributed by atoms with Crippen LogP contribution in [0.2, 0.25) is 15.1 Å². The molecule has 1 aromatic heterocycles. The van der Waals surface area contributed by atoms with Crippen LogP contribution in [0.4, 0.5) is 5.69 Å². The Labute approximate surface area is 168 Å². The predicted octanol–water partition coefficient (Wildman–Crippen LogP) is 6.50. The number of thiazole rings is 1. The average molecular weight is 430 g/mol. The fraction of sp³-hybridized carbons (Fsp3) is 0.0588. The fourth-order valence-corrected chi connectivity index (χ4v) is 4.31. The Hall–Kier alpha value is -1.24. The summed E-state index contributed by atoms with van der Waals surface area (Å²) in [4.78, 5) is 16.6. The molecule has 1 amide bonds. The number of hydrogen-bond donors (Lipinski definition) is 1. The Morgan fingerprint density at radius 3 is 2.40 bits per heavy atom. The minimum absolute atomic E-state index is 0.147. The quantitative estimate of drug-likeness (QED) is 0.471. The van der Waals surface area contributed by atoms with Crippen LogP contribution in [0.15, 0.2) is 52.2 Å². The summed E-state index contributed by atoms with van der Waals surface area (Å²) in [5, 5.41) is 6.37. The van der Waals surface area contributed by atoms with Gasteiger partial charge in [-0.15, -0.1) is 11.3 Å². The summed E-state index contributed by atoms with van der Waals surface area (Å²) in [6, 6.07) is 12.4. The SMILES string of the molecule is O=C(CSc1nc(-c2ccc(Cl)cc2)cs1)Nc1cc(Cl)cc(Cl)c1. The van der Waals surface area contributed by atoms with Crippen molar-refractivity contribution in [3.8, 4) is 11.3 Å². The number of rotatable bonds is 5. The summed E-state index contributed by atoms with van der Waals surface area (Å²) in [5.74, 6) is 0.101. The molecular weight excluding hydrogens is 419 g/mol. The number of nitrogens with zero attached hydrogens (tertiary/aromatic N) is 1. The van der Waals surface area contributed by atoms with E-state index in [-0.39, 0.29) is 11.7 Å². The molecule has 25 heavy (non-hydrogen) atoms. The Balaban J connectivity index is 1.58. The molecule has 0 spiro atoms. The molecule has 0 aliphatic rings. The monoisotopic (exact) mass is 428 g/mol. The molecule has 0 atom stereocenters. The molecule has 0 saturated heterocycles. The van der Waals surface area contributed by atoms with Gasteiger partial charge in [0.05, 0.1) is 11.4 Å². The third-order valence-corrected chi connectivity index (χ3v) is 5.81. The first-order chi connectivity index (χ1) is 12.0. The van der Waals surface area contributed by atoms with Crippen molar-refractivity contribution in [2.24, 2.45) is 0 Å². The maximum Gasteiger partial charge on any atom is 0.234 e. The minimum Gasteiger partial charge on any atom is -0.325 e. The van der Waals surface area contributed by atoms with Gasteiger partial charge in [-0.3, -0.25) is 4.79 Å². The number of halogens is 3. The number of thioether (sulfide) groups is 1. The number of anilines is 1. The second kappa shape index (κ2) is 8.43. The van der Waals surface area contributed by atoms with Gasteiger partial charge in [-0.2, -0.15) is 0 Å². The van der Waals surface area contributed by atoms with Gasteiger partial charge in [0.25, 0.3) is 0 Å². The molecule has 0 unspecified atom stereocenters. The van der Waals surface area contributed by atoms with E-state index in [1.807, 2.05) is 29.6 Å². The lowest BCUT2D eigenvalue weighted by Gasteiger charge is -2.05. The number of hydrogen-bond acceptors (Lipinski definition) is 4. The Kier molecular flexibility index (Phi) is 6.25. The molecule has 3 rings (SSSR count). The van der Waals surface area contributed by atoms with Crippen molar-refractivity contribution in [1.82, 2.24) is 4.98 Å². The van der Waals surface area contributed by atoms with Crippen LogP contribution in [0.3, 0.4) is 0 Å². The van der Waals surface area contributed by atoms with Gasteiger partial charge >= 0.3 is 0 Å². The Morgan fingerprint density at radius 1 is 1.04 bits per heavy atom. The molecule has 2 aromatic carbocycles. The first kappa shape index (κ1) is 18.5. The average Bonchev–Trinajstić information content (AvgIpc) is 3.01. The summed E-state index contributed by atoms with van der Waals surface area (Å²) in [5.41, 5.74) is 2.43. The van der Waals surface area contributed by atoms with E-state index in [0.717, 1.165) is 15.6 Å². The van der Waals surface area contributed by atoms with Crippen LogP contribution in [0.25, 0.3) is 11.3 Å². The van der Waals surface area contributed by atoms with E-state index >= 15 is 0 Å². The van der Waals surface area contributed by atoms with Crippen molar-refractivity contribution in [3.63, 3.8) is 0 Å². The number of benzene rings is 2. The summed E-state index contributed by atoms with van der Waals surface area (Å²) in [6.45, 7) is 0. The molecule has 1 heterocycles. The molecular formula is C17H11Cl3N2OS2. The molecule has 0 radical (unpaired) electrons. The first-order valence-electron chi connectivity index (χ1n) is 7.10. The Bertz CT molecular complexity index is 877. The van der Waals surface area contributed by atoms with Gasteiger partial charge in [0.15, 0.2) is 4.34 Å². The van der Waals surface area contributed by atoms with Crippen LogP contribution < -0.4 is 5.32 Å². The zero-order chi connectivity index (χ0) is 17.8. The number of carbonyl (C=O) groups is 1. The maximum absolute atomic E-state index is 12.1. The third-order valence-electron chi connectivity index (χ3n) is 3.10. The number of carbonyl (C=O) groups excluding carboxylic acids is 1. The standard InChI is InChI=1S/C17H11Cl3N2OS2/c18-11-3-1-10(2-4-11)15-8-24-17(22-15)25-9-16(23)21-14-6-12(19)5-13(20)7-14/h1-8H,9H2,(H,21,23). The van der Waals surface area contributed by atoms with Crippen molar-refractivity contribution in [3.05, 3.63) is 62.9 Å². The fourth-order valence-electron chi connectivity index (χ4n) is 2.03. The third kappa shape index (κ3) is 5.36. The van der Waals surface area contributed by atoms with Crippen molar-refractivity contribution in [2.75, 3.05) is 11.1 Å². The van der Waals surface area contributed by atoms with Crippen LogP contribution in [-0.4, -0.2) is 16.6 Å². The molecule has 3 nitrogen and oxygen atoms in total. The molecule has 0 aliphatic heterocycles. The largest absolute Gasteiger partial charge is 0.325 e. The van der Waals surface area contributed by atoms with Crippen LogP contribution in [0, 0.1) is 0 Å². The van der Waals surface area contributed by atoms with E-state index in [1.165, 1.54) is 23.1 Å². The van der Waals surface area contributed by atoms with E-state index in [9.17, 15) is 4.79 Å². The zero-order valence-corrected chi connectivity index (χ0v) is 16.5. The highest BCUT2D eigenvalue weighted by atomic mass is 35.5. The highest BCUT2D eigenvalue weighted by Gasteiger charge is 2.09. The van der Waals surface area contributed by atoms with Crippen molar-refractivity contribution >= 4 is 69.5 Å². The highest BCUT2D eigenvalue weighted by Crippen LogP contribution is 2.29. The summed E-state index contributed by atoms with van der Waals surface area (Å²) in [6.07, 6.45) is 0. The van der Waals surface area contributed by atoms with Crippen molar-refractivity contribution in [1.29, 1.82) is 0 Å². The lowest BCUT2D eigenvalue weighted by atomic mass is 10.2. The first-order valence-corrected chi connectivity index (χ1v) is 10.1. The van der Waals surface area contributed by atoms with Crippen molar-refractivity contribution in [2.45, 2.75) is 4.34 Å². The summed E-state index contributed by atoms with van der Waals surface area (Å²) < 4.78 is 0.823. The molecule has 8 heteroatoms. The predicted molar refractivity (Wildman–Crippen MR) is 108 cm³/mol. The lowest BCUT2D eigenvalue weighted by molar-refractivity contribution is -0.113. The van der Waals surface area contributed by atoms with Crippen molar-refractivity contribution < 1.29 is 4.79 Å². The van der Waals surface area contributed by atoms with Crippen LogP contribution in [0.1, 0.15) is 0 Å². The molecule has 0 bridgehead atoms. The molecule has 1 N–H and O–H groups in total. The van der Waals surface area contributed by atoms with E-state index in [2.05, 4.69) is 10.3 Å². The molecule has 0 aliphatic carbocycles. The van der Waals surface area contributed by atoms with Gasteiger partial charge in [-0.25, -0.2) is 4.98 Å². The second-order valence-electron chi connectivity index (χ2n) is 5.00.